The fourth-order valence-electron chi connectivity index (χ4n) is 2.71. The third kappa shape index (κ3) is 2.28. The lowest BCUT2D eigenvalue weighted by atomic mass is 9.96. The number of aryl methyl sites for hydroxylation is 1. The first-order valence-corrected chi connectivity index (χ1v) is 6.81. The van der Waals surface area contributed by atoms with Gasteiger partial charge in [0.15, 0.2) is 5.82 Å². The van der Waals surface area contributed by atoms with Crippen molar-refractivity contribution in [2.45, 2.75) is 25.8 Å². The van der Waals surface area contributed by atoms with Crippen molar-refractivity contribution in [3.8, 4) is 0 Å². The minimum absolute atomic E-state index is 0.0666. The van der Waals surface area contributed by atoms with Gasteiger partial charge in [0.05, 0.1) is 5.56 Å². The maximum Gasteiger partial charge on any atom is 0.261 e. The summed E-state index contributed by atoms with van der Waals surface area (Å²) >= 11 is 0. The number of nitrogens with zero attached hydrogens (tertiary/aromatic N) is 2. The van der Waals surface area contributed by atoms with Crippen LogP contribution in [0.15, 0.2) is 36.5 Å². The number of halogens is 2. The monoisotopic (exact) mass is 288 g/mol. The molecule has 108 valence electrons. The second kappa shape index (κ2) is 5.24. The Balaban J connectivity index is 2.07. The lowest BCUT2D eigenvalue weighted by molar-refractivity contribution is 0.0970. The molecule has 0 radical (unpaired) electrons. The summed E-state index contributed by atoms with van der Waals surface area (Å²) in [6.07, 6.45) is 2.76. The number of carbonyl (C=O) groups is 1. The van der Waals surface area contributed by atoms with E-state index >= 15 is 0 Å². The molecule has 21 heavy (non-hydrogen) atoms. The molecule has 0 spiro atoms. The lowest BCUT2D eigenvalue weighted by Crippen LogP contribution is -2.42. The van der Waals surface area contributed by atoms with Crippen LogP contribution >= 0.6 is 0 Å². The molecule has 2 aromatic rings. The molecule has 0 aliphatic carbocycles. The topological polar surface area (TPSA) is 33.2 Å². The number of hydrogen-bond donors (Lipinski definition) is 0. The summed E-state index contributed by atoms with van der Waals surface area (Å²) in [6, 6.07) is 8.67. The van der Waals surface area contributed by atoms with Crippen molar-refractivity contribution in [3.05, 3.63) is 59.4 Å². The quantitative estimate of drug-likeness (QED) is 0.754. The standard InChI is InChI=1S/C16H14F2N2O/c1-10-6-7-11-4-2-3-5-13(11)20(10)16(21)12-8-9-19-15(18)14(12)17/h2-5,8-10H,6-7H2,1H3/t10-/m1/s1. The average molecular weight is 288 g/mol. The molecule has 1 aliphatic rings. The molecule has 1 amide bonds. The highest BCUT2D eigenvalue weighted by atomic mass is 19.2. The zero-order valence-electron chi connectivity index (χ0n) is 11.5. The van der Waals surface area contributed by atoms with Gasteiger partial charge in [-0.2, -0.15) is 4.39 Å². The number of anilines is 1. The Kier molecular flexibility index (Phi) is 3.41. The first kappa shape index (κ1) is 13.7. The van der Waals surface area contributed by atoms with E-state index in [2.05, 4.69) is 4.98 Å². The lowest BCUT2D eigenvalue weighted by Gasteiger charge is -2.35. The van der Waals surface area contributed by atoms with Gasteiger partial charge in [0.1, 0.15) is 0 Å². The Bertz CT molecular complexity index is 702. The van der Waals surface area contributed by atoms with Crippen LogP contribution in [0.5, 0.6) is 0 Å². The van der Waals surface area contributed by atoms with Gasteiger partial charge >= 0.3 is 0 Å². The SMILES string of the molecule is C[C@@H]1CCc2ccccc2N1C(=O)c1ccnc(F)c1F. The minimum atomic E-state index is -1.25. The molecule has 0 saturated carbocycles. The van der Waals surface area contributed by atoms with Crippen molar-refractivity contribution in [2.75, 3.05) is 4.90 Å². The second-order valence-electron chi connectivity index (χ2n) is 5.15. The summed E-state index contributed by atoms with van der Waals surface area (Å²) in [5.74, 6) is -2.98. The number of amides is 1. The molecule has 0 unspecified atom stereocenters. The summed E-state index contributed by atoms with van der Waals surface area (Å²) in [5, 5.41) is 0. The first-order valence-electron chi connectivity index (χ1n) is 6.81. The van der Waals surface area contributed by atoms with Crippen molar-refractivity contribution in [1.29, 1.82) is 0 Å². The fraction of sp³-hybridized carbons (Fsp3) is 0.250. The zero-order chi connectivity index (χ0) is 15.0. The maximum atomic E-state index is 13.8. The molecule has 1 aliphatic heterocycles. The number of carbonyl (C=O) groups excluding carboxylic acids is 1. The molecule has 1 aromatic heterocycles. The molecule has 0 saturated heterocycles. The molecule has 1 atom stereocenters. The Morgan fingerprint density at radius 3 is 2.86 bits per heavy atom. The van der Waals surface area contributed by atoms with Gasteiger partial charge < -0.3 is 4.90 Å². The van der Waals surface area contributed by atoms with E-state index < -0.39 is 17.7 Å². The van der Waals surface area contributed by atoms with Gasteiger partial charge in [-0.15, -0.1) is 0 Å². The van der Waals surface area contributed by atoms with Crippen LogP contribution in [0.1, 0.15) is 29.3 Å². The number of aromatic nitrogens is 1. The largest absolute Gasteiger partial charge is 0.305 e. The van der Waals surface area contributed by atoms with Crippen molar-refractivity contribution in [3.63, 3.8) is 0 Å². The highest BCUT2D eigenvalue weighted by Gasteiger charge is 2.30. The Morgan fingerprint density at radius 2 is 2.05 bits per heavy atom. The van der Waals surface area contributed by atoms with E-state index in [9.17, 15) is 13.6 Å². The average Bonchev–Trinajstić information content (AvgIpc) is 2.49. The summed E-state index contributed by atoms with van der Waals surface area (Å²) in [7, 11) is 0. The molecule has 0 bridgehead atoms. The highest BCUT2D eigenvalue weighted by molar-refractivity contribution is 6.07. The summed E-state index contributed by atoms with van der Waals surface area (Å²) in [5.41, 5.74) is 1.52. The van der Waals surface area contributed by atoms with Gasteiger partial charge in [-0.3, -0.25) is 4.79 Å². The molecule has 3 rings (SSSR count). The number of rotatable bonds is 1. The van der Waals surface area contributed by atoms with Gasteiger partial charge in [-0.1, -0.05) is 18.2 Å². The number of hydrogen-bond acceptors (Lipinski definition) is 2. The van der Waals surface area contributed by atoms with Crippen LogP contribution in [0.4, 0.5) is 14.5 Å². The molecular weight excluding hydrogens is 274 g/mol. The van der Waals surface area contributed by atoms with Gasteiger partial charge in [-0.25, -0.2) is 9.37 Å². The molecule has 0 fully saturated rings. The zero-order valence-corrected chi connectivity index (χ0v) is 11.5. The molecule has 5 heteroatoms. The first-order chi connectivity index (χ1) is 10.1. The number of fused-ring (bicyclic) bond motifs is 1. The van der Waals surface area contributed by atoms with E-state index in [1.807, 2.05) is 31.2 Å². The van der Waals surface area contributed by atoms with Gasteiger partial charge in [0, 0.05) is 17.9 Å². The third-order valence-corrected chi connectivity index (χ3v) is 3.82. The van der Waals surface area contributed by atoms with Crippen LogP contribution in [-0.4, -0.2) is 16.9 Å². The Hall–Kier alpha value is -2.30. The van der Waals surface area contributed by atoms with E-state index in [-0.39, 0.29) is 11.6 Å². The van der Waals surface area contributed by atoms with Crippen molar-refractivity contribution in [1.82, 2.24) is 4.98 Å². The smallest absolute Gasteiger partial charge is 0.261 e. The molecule has 1 aromatic carbocycles. The second-order valence-corrected chi connectivity index (χ2v) is 5.15. The van der Waals surface area contributed by atoms with Crippen molar-refractivity contribution >= 4 is 11.6 Å². The van der Waals surface area contributed by atoms with Gasteiger partial charge in [0.25, 0.3) is 5.91 Å². The van der Waals surface area contributed by atoms with Crippen molar-refractivity contribution in [2.24, 2.45) is 0 Å². The summed E-state index contributed by atoms with van der Waals surface area (Å²) in [6.45, 7) is 1.91. The Labute approximate surface area is 121 Å². The van der Waals surface area contributed by atoms with E-state index in [1.165, 1.54) is 11.0 Å². The molecule has 3 nitrogen and oxygen atoms in total. The van der Waals surface area contributed by atoms with Gasteiger partial charge in [-0.05, 0) is 37.5 Å². The molecule has 2 heterocycles. The van der Waals surface area contributed by atoms with E-state index in [0.29, 0.717) is 0 Å². The highest BCUT2D eigenvalue weighted by Crippen LogP contribution is 2.32. The number of pyridine rings is 1. The Morgan fingerprint density at radius 1 is 1.29 bits per heavy atom. The van der Waals surface area contributed by atoms with Gasteiger partial charge in [0.2, 0.25) is 5.95 Å². The van der Waals surface area contributed by atoms with E-state index in [0.717, 1.165) is 30.3 Å². The summed E-state index contributed by atoms with van der Waals surface area (Å²) < 4.78 is 27.1. The maximum absolute atomic E-state index is 13.8. The molecular formula is C16H14F2N2O. The normalized spacial score (nSPS) is 17.5. The van der Waals surface area contributed by atoms with E-state index in [1.54, 1.807) is 0 Å². The summed E-state index contributed by atoms with van der Waals surface area (Å²) in [4.78, 5) is 17.4. The predicted molar refractivity (Wildman–Crippen MR) is 75.2 cm³/mol. The van der Waals surface area contributed by atoms with Crippen LogP contribution in [0, 0.1) is 11.8 Å². The van der Waals surface area contributed by atoms with E-state index in [4.69, 9.17) is 0 Å². The van der Waals surface area contributed by atoms with Crippen LogP contribution in [0.25, 0.3) is 0 Å². The molecule has 0 N–H and O–H groups in total. The number of benzene rings is 1. The van der Waals surface area contributed by atoms with Crippen molar-refractivity contribution < 1.29 is 13.6 Å². The fourth-order valence-corrected chi connectivity index (χ4v) is 2.71. The van der Waals surface area contributed by atoms with Crippen LogP contribution in [0.3, 0.4) is 0 Å². The van der Waals surface area contributed by atoms with Crippen LogP contribution in [0.2, 0.25) is 0 Å². The minimum Gasteiger partial charge on any atom is -0.305 e. The van der Waals surface area contributed by atoms with Crippen LogP contribution < -0.4 is 4.90 Å². The van der Waals surface area contributed by atoms with Crippen LogP contribution in [-0.2, 0) is 6.42 Å². The number of para-hydroxylation sites is 1. The third-order valence-electron chi connectivity index (χ3n) is 3.82. The predicted octanol–water partition coefficient (Wildman–Crippen LogP) is 3.34.